The Labute approximate surface area is 143 Å². The molecule has 0 atom stereocenters. The molecule has 2 aromatic rings. The lowest BCUT2D eigenvalue weighted by atomic mass is 10.1. The number of carbonyl (C=O) groups is 1. The zero-order valence-corrected chi connectivity index (χ0v) is 15.2. The average molecular weight is 399 g/mol. The highest BCUT2D eigenvalue weighted by atomic mass is 79.9. The van der Waals surface area contributed by atoms with Crippen molar-refractivity contribution in [2.75, 3.05) is 7.11 Å². The maximum absolute atomic E-state index is 12.5. The van der Waals surface area contributed by atoms with Crippen LogP contribution in [0, 0.1) is 6.92 Å². The Morgan fingerprint density at radius 3 is 2.39 bits per heavy atom. The minimum absolute atomic E-state index is 0.0135. The number of ether oxygens (including phenoxy) is 1. The second-order valence-corrected chi connectivity index (χ2v) is 7.26. The van der Waals surface area contributed by atoms with Gasteiger partial charge in [-0.2, -0.15) is 8.42 Å². The lowest BCUT2D eigenvalue weighted by molar-refractivity contribution is 0.101. The van der Waals surface area contributed by atoms with Gasteiger partial charge in [0.15, 0.2) is 11.5 Å². The molecule has 0 amide bonds. The van der Waals surface area contributed by atoms with Gasteiger partial charge in [-0.15, -0.1) is 0 Å². The molecule has 0 spiro atoms. The number of benzene rings is 2. The molecule has 0 bridgehead atoms. The van der Waals surface area contributed by atoms with Gasteiger partial charge in [0.2, 0.25) is 0 Å². The topological polar surface area (TPSA) is 69.7 Å². The summed E-state index contributed by atoms with van der Waals surface area (Å²) in [5, 5.41) is 0. The Bertz CT molecular complexity index is 859. The van der Waals surface area contributed by atoms with Crippen LogP contribution >= 0.6 is 15.9 Å². The molecule has 122 valence electrons. The van der Waals surface area contributed by atoms with Crippen LogP contribution in [0.3, 0.4) is 0 Å². The van der Waals surface area contributed by atoms with Gasteiger partial charge >= 0.3 is 10.1 Å². The number of aryl methyl sites for hydroxylation is 1. The van der Waals surface area contributed by atoms with E-state index in [0.29, 0.717) is 10.2 Å². The van der Waals surface area contributed by atoms with Crippen molar-refractivity contribution in [3.8, 4) is 11.5 Å². The van der Waals surface area contributed by atoms with E-state index >= 15 is 0 Å². The van der Waals surface area contributed by atoms with Crippen LogP contribution in [0.5, 0.6) is 11.5 Å². The van der Waals surface area contributed by atoms with Crippen LogP contribution in [0.15, 0.2) is 45.8 Å². The number of hydrogen-bond donors (Lipinski definition) is 0. The Balaban J connectivity index is 2.50. The Hall–Kier alpha value is -1.86. The van der Waals surface area contributed by atoms with Crippen molar-refractivity contribution in [2.24, 2.45) is 0 Å². The molecule has 0 unspecified atom stereocenters. The van der Waals surface area contributed by atoms with Crippen LogP contribution in [-0.2, 0) is 10.1 Å². The van der Waals surface area contributed by atoms with Gasteiger partial charge in [0.1, 0.15) is 10.6 Å². The maximum atomic E-state index is 12.5. The van der Waals surface area contributed by atoms with Crippen molar-refractivity contribution in [3.05, 3.63) is 52.0 Å². The van der Waals surface area contributed by atoms with E-state index in [2.05, 4.69) is 15.9 Å². The molecule has 0 saturated heterocycles. The molecule has 0 aliphatic rings. The van der Waals surface area contributed by atoms with Crippen molar-refractivity contribution in [2.45, 2.75) is 18.7 Å². The lowest BCUT2D eigenvalue weighted by Crippen LogP contribution is -2.12. The molecule has 0 aromatic heterocycles. The van der Waals surface area contributed by atoms with Crippen LogP contribution in [0.2, 0.25) is 0 Å². The number of Topliss-reactive ketones (excluding diaryl/α,β-unsaturated/α-hetero) is 1. The molecule has 23 heavy (non-hydrogen) atoms. The van der Waals surface area contributed by atoms with E-state index in [-0.39, 0.29) is 22.0 Å². The number of carbonyl (C=O) groups excluding carboxylic acids is 1. The summed E-state index contributed by atoms with van der Waals surface area (Å²) < 4.78 is 35.6. The van der Waals surface area contributed by atoms with E-state index < -0.39 is 10.1 Å². The number of methoxy groups -OCH3 is 1. The summed E-state index contributed by atoms with van der Waals surface area (Å²) in [4.78, 5) is 11.7. The van der Waals surface area contributed by atoms with E-state index in [1.807, 2.05) is 6.92 Å². The highest BCUT2D eigenvalue weighted by Gasteiger charge is 2.23. The van der Waals surface area contributed by atoms with Crippen molar-refractivity contribution >= 4 is 31.8 Å². The smallest absolute Gasteiger partial charge is 0.340 e. The maximum Gasteiger partial charge on any atom is 0.340 e. The first kappa shape index (κ1) is 17.5. The third-order valence-electron chi connectivity index (χ3n) is 3.12. The van der Waals surface area contributed by atoms with Gasteiger partial charge in [-0.25, -0.2) is 0 Å². The molecular formula is C16H15BrO5S. The van der Waals surface area contributed by atoms with Gasteiger partial charge in [0, 0.05) is 10.5 Å². The van der Waals surface area contributed by atoms with E-state index in [1.54, 1.807) is 18.2 Å². The largest absolute Gasteiger partial charge is 0.497 e. The average Bonchev–Trinajstić information content (AvgIpc) is 2.45. The number of halogens is 1. The zero-order valence-electron chi connectivity index (χ0n) is 12.8. The Kier molecular flexibility index (Phi) is 5.11. The van der Waals surface area contributed by atoms with Gasteiger partial charge in [0.25, 0.3) is 0 Å². The Morgan fingerprint density at radius 1 is 1.13 bits per heavy atom. The van der Waals surface area contributed by atoms with Crippen molar-refractivity contribution in [1.29, 1.82) is 0 Å². The van der Waals surface area contributed by atoms with Gasteiger partial charge in [-0.05, 0) is 59.6 Å². The minimum atomic E-state index is -4.10. The highest BCUT2D eigenvalue weighted by Crippen LogP contribution is 2.30. The third-order valence-corrected chi connectivity index (χ3v) is 5.34. The van der Waals surface area contributed by atoms with Crippen molar-refractivity contribution in [1.82, 2.24) is 0 Å². The number of rotatable bonds is 5. The number of ketones is 1. The summed E-state index contributed by atoms with van der Waals surface area (Å²) in [6.07, 6.45) is 0. The fourth-order valence-corrected chi connectivity index (χ4v) is 4.05. The molecule has 7 heteroatoms. The highest BCUT2D eigenvalue weighted by molar-refractivity contribution is 9.10. The van der Waals surface area contributed by atoms with E-state index in [4.69, 9.17) is 8.92 Å². The lowest BCUT2D eigenvalue weighted by Gasteiger charge is -2.12. The van der Waals surface area contributed by atoms with E-state index in [1.165, 1.54) is 32.2 Å². The molecule has 2 rings (SSSR count). The quantitative estimate of drug-likeness (QED) is 0.566. The predicted octanol–water partition coefficient (Wildman–Crippen LogP) is 3.74. The summed E-state index contributed by atoms with van der Waals surface area (Å²) in [5.74, 6) is 0.0216. The van der Waals surface area contributed by atoms with Crippen molar-refractivity contribution in [3.63, 3.8) is 0 Å². The second kappa shape index (κ2) is 6.72. The zero-order chi connectivity index (χ0) is 17.2. The van der Waals surface area contributed by atoms with Gasteiger partial charge < -0.3 is 8.92 Å². The molecule has 0 radical (unpaired) electrons. The van der Waals surface area contributed by atoms with Gasteiger partial charge in [-0.1, -0.05) is 6.07 Å². The van der Waals surface area contributed by atoms with Gasteiger partial charge in [0.05, 0.1) is 12.7 Å². The summed E-state index contributed by atoms with van der Waals surface area (Å²) in [6.45, 7) is 3.18. The summed E-state index contributed by atoms with van der Waals surface area (Å²) in [5.41, 5.74) is 1.07. The normalized spacial score (nSPS) is 11.1. The monoisotopic (exact) mass is 398 g/mol. The fraction of sp³-hybridized carbons (Fsp3) is 0.188. The summed E-state index contributed by atoms with van der Waals surface area (Å²) in [7, 11) is -2.65. The van der Waals surface area contributed by atoms with E-state index in [9.17, 15) is 13.2 Å². The van der Waals surface area contributed by atoms with Crippen LogP contribution in [0.1, 0.15) is 22.8 Å². The molecule has 5 nitrogen and oxygen atoms in total. The standard InChI is InChI=1S/C16H15BrO5S/c1-10-4-7-16(14(17)8-10)23(19,20)22-15-9-12(21-3)5-6-13(15)11(2)18/h4-9H,1-3H3. The van der Waals surface area contributed by atoms with Gasteiger partial charge in [-0.3, -0.25) is 4.79 Å². The molecule has 2 aromatic carbocycles. The minimum Gasteiger partial charge on any atom is -0.497 e. The van der Waals surface area contributed by atoms with Crippen LogP contribution in [0.4, 0.5) is 0 Å². The Morgan fingerprint density at radius 2 is 1.83 bits per heavy atom. The SMILES string of the molecule is COc1ccc(C(C)=O)c(OS(=O)(=O)c2ccc(C)cc2Br)c1. The van der Waals surface area contributed by atoms with E-state index in [0.717, 1.165) is 5.56 Å². The molecule has 0 fully saturated rings. The predicted molar refractivity (Wildman–Crippen MR) is 89.7 cm³/mol. The van der Waals surface area contributed by atoms with Crippen LogP contribution < -0.4 is 8.92 Å². The molecule has 0 N–H and O–H groups in total. The second-order valence-electron chi connectivity index (χ2n) is 4.89. The first-order chi connectivity index (χ1) is 10.7. The number of hydrogen-bond acceptors (Lipinski definition) is 5. The summed E-state index contributed by atoms with van der Waals surface area (Å²) in [6, 6.07) is 9.19. The molecular weight excluding hydrogens is 384 g/mol. The molecule has 0 saturated carbocycles. The van der Waals surface area contributed by atoms with Crippen molar-refractivity contribution < 1.29 is 22.1 Å². The molecule has 0 heterocycles. The first-order valence-corrected chi connectivity index (χ1v) is 8.84. The molecule has 0 aliphatic carbocycles. The first-order valence-electron chi connectivity index (χ1n) is 6.64. The third kappa shape index (κ3) is 3.92. The van der Waals surface area contributed by atoms with Crippen LogP contribution in [-0.4, -0.2) is 21.3 Å². The fourth-order valence-electron chi connectivity index (χ4n) is 1.96. The summed E-state index contributed by atoms with van der Waals surface area (Å²) >= 11 is 3.22. The van der Waals surface area contributed by atoms with Crippen LogP contribution in [0.25, 0.3) is 0 Å². The molecule has 0 aliphatic heterocycles.